The van der Waals surface area contributed by atoms with E-state index in [9.17, 15) is 4.39 Å². The Morgan fingerprint density at radius 2 is 2.17 bits per heavy atom. The van der Waals surface area contributed by atoms with E-state index in [-0.39, 0.29) is 5.82 Å². The van der Waals surface area contributed by atoms with Crippen LogP contribution in [0.25, 0.3) is 0 Å². The summed E-state index contributed by atoms with van der Waals surface area (Å²) in [4.78, 5) is 4.10. The second-order valence-corrected chi connectivity index (χ2v) is 4.57. The highest BCUT2D eigenvalue weighted by molar-refractivity contribution is 9.10. The van der Waals surface area contributed by atoms with Gasteiger partial charge >= 0.3 is 0 Å². The fraction of sp³-hybridized carbons (Fsp3) is 0.0769. The lowest BCUT2D eigenvalue weighted by Crippen LogP contribution is -1.99. The number of hydrogen-bond donors (Lipinski definition) is 1. The van der Waals surface area contributed by atoms with Gasteiger partial charge in [0.2, 0.25) is 0 Å². The van der Waals surface area contributed by atoms with Gasteiger partial charge in [-0.1, -0.05) is 0 Å². The molecule has 18 heavy (non-hydrogen) atoms. The Bertz CT molecular complexity index is 635. The Labute approximate surface area is 112 Å². The molecule has 1 N–H and O–H groups in total. The Balaban J connectivity index is 2.44. The van der Waals surface area contributed by atoms with Crippen LogP contribution in [0.5, 0.6) is 0 Å². The second-order valence-electron chi connectivity index (χ2n) is 3.71. The van der Waals surface area contributed by atoms with Crippen molar-refractivity contribution >= 4 is 27.4 Å². The summed E-state index contributed by atoms with van der Waals surface area (Å²) in [5.74, 6) is 0.0654. The van der Waals surface area contributed by atoms with Gasteiger partial charge < -0.3 is 5.32 Å². The third kappa shape index (κ3) is 2.49. The minimum absolute atomic E-state index is 0.355. The first kappa shape index (κ1) is 12.5. The second kappa shape index (κ2) is 5.15. The van der Waals surface area contributed by atoms with Crippen molar-refractivity contribution in [2.75, 3.05) is 5.32 Å². The fourth-order valence-electron chi connectivity index (χ4n) is 1.52. The van der Waals surface area contributed by atoms with E-state index in [0.29, 0.717) is 21.5 Å². The lowest BCUT2D eigenvalue weighted by atomic mass is 10.1. The van der Waals surface area contributed by atoms with Gasteiger partial charge in [-0.05, 0) is 52.7 Å². The molecule has 3 nitrogen and oxygen atoms in total. The molecule has 0 amide bonds. The number of pyridine rings is 1. The van der Waals surface area contributed by atoms with Crippen molar-refractivity contribution in [1.82, 2.24) is 4.98 Å². The van der Waals surface area contributed by atoms with Crippen LogP contribution in [0.2, 0.25) is 0 Å². The first-order chi connectivity index (χ1) is 8.61. The molecular formula is C13H9BrFN3. The number of benzene rings is 1. The quantitative estimate of drug-likeness (QED) is 0.915. The number of aromatic nitrogens is 1. The first-order valence-electron chi connectivity index (χ1n) is 5.19. The molecule has 0 aliphatic rings. The molecule has 0 saturated heterocycles. The zero-order valence-electron chi connectivity index (χ0n) is 9.54. The van der Waals surface area contributed by atoms with Crippen molar-refractivity contribution in [3.63, 3.8) is 0 Å². The largest absolute Gasteiger partial charge is 0.338 e. The molecule has 0 fully saturated rings. The van der Waals surface area contributed by atoms with Gasteiger partial charge in [0.15, 0.2) is 0 Å². The molecule has 1 heterocycles. The molecule has 1 aromatic heterocycles. The van der Waals surface area contributed by atoms with Crippen LogP contribution in [0.3, 0.4) is 0 Å². The number of aryl methyl sites for hydroxylation is 1. The van der Waals surface area contributed by atoms with E-state index in [1.54, 1.807) is 18.3 Å². The van der Waals surface area contributed by atoms with Gasteiger partial charge in [0.1, 0.15) is 17.7 Å². The summed E-state index contributed by atoms with van der Waals surface area (Å²) in [6.45, 7) is 1.83. The van der Waals surface area contributed by atoms with Crippen LogP contribution < -0.4 is 5.32 Å². The maximum Gasteiger partial charge on any atom is 0.148 e. The van der Waals surface area contributed by atoms with Crippen molar-refractivity contribution < 1.29 is 4.39 Å². The number of nitriles is 1. The number of anilines is 2. The zero-order chi connectivity index (χ0) is 13.1. The summed E-state index contributed by atoms with van der Waals surface area (Å²) in [6.07, 6.45) is 1.60. The molecule has 0 saturated carbocycles. The number of nitrogens with zero attached hydrogens (tertiary/aromatic N) is 2. The van der Waals surface area contributed by atoms with Gasteiger partial charge in [-0.25, -0.2) is 9.37 Å². The van der Waals surface area contributed by atoms with Crippen LogP contribution >= 0.6 is 15.9 Å². The molecule has 0 atom stereocenters. The highest BCUT2D eigenvalue weighted by Crippen LogP contribution is 2.27. The van der Waals surface area contributed by atoms with Crippen LogP contribution in [0.15, 0.2) is 34.9 Å². The van der Waals surface area contributed by atoms with Gasteiger partial charge in [-0.3, -0.25) is 0 Å². The summed E-state index contributed by atoms with van der Waals surface area (Å²) in [7, 11) is 0. The maximum absolute atomic E-state index is 13.2. The fourth-order valence-corrected chi connectivity index (χ4v) is 1.86. The number of rotatable bonds is 2. The van der Waals surface area contributed by atoms with Gasteiger partial charge in [0.25, 0.3) is 0 Å². The molecular weight excluding hydrogens is 297 g/mol. The number of hydrogen-bond acceptors (Lipinski definition) is 3. The van der Waals surface area contributed by atoms with Gasteiger partial charge in [0.05, 0.1) is 11.3 Å². The van der Waals surface area contributed by atoms with E-state index >= 15 is 0 Å². The molecule has 0 aliphatic carbocycles. The van der Waals surface area contributed by atoms with Crippen molar-refractivity contribution in [3.8, 4) is 6.07 Å². The summed E-state index contributed by atoms with van der Waals surface area (Å²) in [6, 6.07) is 8.13. The SMILES string of the molecule is Cc1ccnc(Nc2cc(F)ccc2Br)c1C#N. The summed E-state index contributed by atoms with van der Waals surface area (Å²) in [5.41, 5.74) is 1.81. The van der Waals surface area contributed by atoms with Crippen LogP contribution in [0, 0.1) is 24.1 Å². The number of nitrogens with one attached hydrogen (secondary N) is 1. The lowest BCUT2D eigenvalue weighted by molar-refractivity contribution is 0.628. The van der Waals surface area contributed by atoms with Crippen molar-refractivity contribution in [3.05, 3.63) is 51.9 Å². The van der Waals surface area contributed by atoms with Crippen molar-refractivity contribution in [2.45, 2.75) is 6.92 Å². The highest BCUT2D eigenvalue weighted by atomic mass is 79.9. The van der Waals surface area contributed by atoms with E-state index in [2.05, 4.69) is 32.3 Å². The Kier molecular flexibility index (Phi) is 3.58. The van der Waals surface area contributed by atoms with Gasteiger partial charge in [0, 0.05) is 10.7 Å². The monoisotopic (exact) mass is 305 g/mol. The molecule has 2 aromatic rings. The minimum Gasteiger partial charge on any atom is -0.338 e. The summed E-state index contributed by atoms with van der Waals surface area (Å²) >= 11 is 3.31. The third-order valence-corrected chi connectivity index (χ3v) is 3.14. The van der Waals surface area contributed by atoms with Crippen molar-refractivity contribution in [2.24, 2.45) is 0 Å². The van der Waals surface area contributed by atoms with Gasteiger partial charge in [-0.2, -0.15) is 5.26 Å². The van der Waals surface area contributed by atoms with Crippen LogP contribution in [0.4, 0.5) is 15.9 Å². The standard InChI is InChI=1S/C13H9BrFN3/c1-8-4-5-17-13(10(8)7-16)18-12-6-9(15)2-3-11(12)14/h2-6H,1H3,(H,17,18). The Morgan fingerprint density at radius 1 is 1.39 bits per heavy atom. The molecule has 0 aliphatic heterocycles. The first-order valence-corrected chi connectivity index (χ1v) is 5.99. The van der Waals surface area contributed by atoms with Crippen LogP contribution in [-0.2, 0) is 0 Å². The topological polar surface area (TPSA) is 48.7 Å². The molecule has 0 bridgehead atoms. The average molecular weight is 306 g/mol. The minimum atomic E-state index is -0.355. The molecule has 90 valence electrons. The predicted octanol–water partition coefficient (Wildman–Crippen LogP) is 3.91. The molecule has 0 spiro atoms. The van der Waals surface area contributed by atoms with E-state index in [4.69, 9.17) is 5.26 Å². The molecule has 1 aromatic carbocycles. The Hall–Kier alpha value is -1.93. The van der Waals surface area contributed by atoms with Gasteiger partial charge in [-0.15, -0.1) is 0 Å². The van der Waals surface area contributed by atoms with E-state index in [1.807, 2.05) is 6.92 Å². The predicted molar refractivity (Wildman–Crippen MR) is 71.1 cm³/mol. The molecule has 2 rings (SSSR count). The number of halogens is 2. The molecule has 0 radical (unpaired) electrons. The zero-order valence-corrected chi connectivity index (χ0v) is 11.1. The normalized spacial score (nSPS) is 9.89. The summed E-state index contributed by atoms with van der Waals surface area (Å²) < 4.78 is 13.9. The molecule has 0 unspecified atom stereocenters. The van der Waals surface area contributed by atoms with Crippen molar-refractivity contribution in [1.29, 1.82) is 5.26 Å². The maximum atomic E-state index is 13.2. The molecule has 5 heteroatoms. The Morgan fingerprint density at radius 3 is 2.89 bits per heavy atom. The smallest absolute Gasteiger partial charge is 0.148 e. The average Bonchev–Trinajstić information content (AvgIpc) is 2.34. The van der Waals surface area contributed by atoms with E-state index < -0.39 is 0 Å². The van der Waals surface area contributed by atoms with E-state index in [0.717, 1.165) is 5.56 Å². The van der Waals surface area contributed by atoms with Crippen LogP contribution in [-0.4, -0.2) is 4.98 Å². The third-order valence-electron chi connectivity index (χ3n) is 2.45. The lowest BCUT2D eigenvalue weighted by Gasteiger charge is -2.10. The summed E-state index contributed by atoms with van der Waals surface area (Å²) in [5, 5.41) is 12.0. The van der Waals surface area contributed by atoms with E-state index in [1.165, 1.54) is 12.1 Å². The van der Waals surface area contributed by atoms with Crippen LogP contribution in [0.1, 0.15) is 11.1 Å². The highest BCUT2D eigenvalue weighted by Gasteiger charge is 2.09.